The van der Waals surface area contributed by atoms with Crippen molar-refractivity contribution in [2.45, 2.75) is 160 Å². The number of H-pyrrole nitrogens is 1. The lowest BCUT2D eigenvalue weighted by atomic mass is 9.97. The minimum Gasteiger partial charge on any atom is -0.508 e. The van der Waals surface area contributed by atoms with Gasteiger partial charge in [-0.15, -0.1) is 0 Å². The molecule has 1 aliphatic heterocycles. The Bertz CT molecular complexity index is 2530. The van der Waals surface area contributed by atoms with Crippen LogP contribution in [-0.4, -0.2) is 181 Å². The summed E-state index contributed by atoms with van der Waals surface area (Å²) in [7, 11) is 0. The number of aromatic amines is 1. The Labute approximate surface area is 479 Å². The highest BCUT2D eigenvalue weighted by Gasteiger charge is 2.42. The Balaban J connectivity index is 1.76. The number of imidazole rings is 1. The van der Waals surface area contributed by atoms with Crippen molar-refractivity contribution in [1.29, 1.82) is 0 Å². The Kier molecular flexibility index (Phi) is 28.2. The number of carboxylic acids is 2. The van der Waals surface area contributed by atoms with E-state index in [1.54, 1.807) is 53.7 Å². The van der Waals surface area contributed by atoms with E-state index in [1.807, 2.05) is 6.26 Å². The maximum absolute atomic E-state index is 14.2. The number of phenolic OH excluding ortho intramolecular Hbond substituents is 1. The van der Waals surface area contributed by atoms with Crippen LogP contribution in [0.4, 0.5) is 0 Å². The maximum atomic E-state index is 14.2. The molecule has 1 aromatic carbocycles. The Hall–Kier alpha value is -7.82. The first-order valence-corrected chi connectivity index (χ1v) is 28.5. The molecule has 1 fully saturated rings. The zero-order valence-electron chi connectivity index (χ0n) is 47.3. The molecule has 16 N–H and O–H groups in total. The van der Waals surface area contributed by atoms with Gasteiger partial charge in [-0.05, 0) is 79.6 Å². The van der Waals surface area contributed by atoms with Gasteiger partial charge in [0.25, 0.3) is 0 Å². The third-order valence-electron chi connectivity index (χ3n) is 13.6. The highest BCUT2D eigenvalue weighted by molar-refractivity contribution is 7.98. The van der Waals surface area contributed by atoms with Crippen LogP contribution in [0, 0.1) is 17.8 Å². The topological polar surface area (TPSA) is 446 Å². The molecule has 10 atom stereocenters. The number of hydrogen-bond acceptors (Lipinski definition) is 16. The average molecular weight is 1170 g/mol. The predicted molar refractivity (Wildman–Crippen MR) is 298 cm³/mol. The number of phenols is 1. The van der Waals surface area contributed by atoms with E-state index in [0.29, 0.717) is 23.4 Å². The van der Waals surface area contributed by atoms with Gasteiger partial charge in [0.1, 0.15) is 54.1 Å². The van der Waals surface area contributed by atoms with Crippen LogP contribution in [0.2, 0.25) is 0 Å². The van der Waals surface area contributed by atoms with Crippen LogP contribution in [-0.2, 0) is 70.4 Å². The summed E-state index contributed by atoms with van der Waals surface area (Å²) >= 11 is 1.44. The quantitative estimate of drug-likeness (QED) is 0.0357. The number of rotatable bonds is 35. The summed E-state index contributed by atoms with van der Waals surface area (Å²) in [5.74, 6) is -12.1. The fourth-order valence-electron chi connectivity index (χ4n) is 8.76. The SMILES string of the molecule is CCC(C)C(NC(=O)C1CCCN1C(=O)C(CC(=O)O)NC(=O)C(NC(=O)C(CCC(=O)O)NC(=O)C(N)CCSC)C(C)C)C(=O)NCC(=O)NC(Cc1cnc[nH]1)C(=O)NC(CC(C)C)C(=O)NC(Cc1ccc(O)cc1)C(N)=O. The van der Waals surface area contributed by atoms with Crippen molar-refractivity contribution in [1.82, 2.24) is 57.4 Å². The van der Waals surface area contributed by atoms with Crippen molar-refractivity contribution in [2.24, 2.45) is 29.2 Å². The first-order valence-electron chi connectivity index (χ1n) is 27.1. The van der Waals surface area contributed by atoms with Crippen LogP contribution >= 0.6 is 11.8 Å². The molecule has 0 bridgehead atoms. The minimum absolute atomic E-state index is 0.00662. The highest BCUT2D eigenvalue weighted by Crippen LogP contribution is 2.21. The number of aromatic hydroxyl groups is 1. The van der Waals surface area contributed by atoms with E-state index < -0.39 is 157 Å². The molecule has 10 amide bonds. The van der Waals surface area contributed by atoms with Gasteiger partial charge in [0.2, 0.25) is 59.1 Å². The summed E-state index contributed by atoms with van der Waals surface area (Å²) in [5, 5.41) is 49.2. The number of likely N-dealkylation sites (tertiary alicyclic amines) is 1. The number of nitrogens with two attached hydrogens (primary N) is 2. The number of amides is 10. The van der Waals surface area contributed by atoms with Gasteiger partial charge in [-0.25, -0.2) is 4.98 Å². The fraction of sp³-hybridized carbons (Fsp3) is 0.604. The van der Waals surface area contributed by atoms with E-state index >= 15 is 0 Å². The molecule has 1 aliphatic rings. The molecule has 3 rings (SSSR count). The molecular formula is C53H81N13O15S. The van der Waals surface area contributed by atoms with E-state index in [-0.39, 0.29) is 63.2 Å². The van der Waals surface area contributed by atoms with Crippen molar-refractivity contribution in [2.75, 3.05) is 25.1 Å². The molecule has 29 heteroatoms. The Morgan fingerprint density at radius 2 is 1.35 bits per heavy atom. The molecule has 0 saturated carbocycles. The first-order chi connectivity index (χ1) is 38.6. The van der Waals surface area contributed by atoms with Crippen LogP contribution < -0.4 is 54.0 Å². The molecule has 2 heterocycles. The van der Waals surface area contributed by atoms with Gasteiger partial charge in [-0.2, -0.15) is 11.8 Å². The molecule has 28 nitrogen and oxygen atoms in total. The maximum Gasteiger partial charge on any atom is 0.305 e. The van der Waals surface area contributed by atoms with Gasteiger partial charge in [-0.3, -0.25) is 57.5 Å². The molecule has 1 saturated heterocycles. The monoisotopic (exact) mass is 1170 g/mol. The number of nitrogens with one attached hydrogen (secondary N) is 9. The van der Waals surface area contributed by atoms with Gasteiger partial charge < -0.3 is 79.2 Å². The third kappa shape index (κ3) is 22.6. The average Bonchev–Trinajstić information content (AvgIpc) is 4.15. The molecule has 0 aliphatic carbocycles. The Morgan fingerprint density at radius 3 is 1.93 bits per heavy atom. The number of carbonyl (C=O) groups excluding carboxylic acids is 10. The van der Waals surface area contributed by atoms with Crippen LogP contribution in [0.25, 0.3) is 0 Å². The minimum atomic E-state index is -1.77. The predicted octanol–water partition coefficient (Wildman–Crippen LogP) is -1.95. The molecule has 2 aromatic rings. The van der Waals surface area contributed by atoms with Gasteiger partial charge >= 0.3 is 11.9 Å². The molecule has 0 radical (unpaired) electrons. The van der Waals surface area contributed by atoms with Gasteiger partial charge in [0.15, 0.2) is 0 Å². The van der Waals surface area contributed by atoms with Crippen molar-refractivity contribution >= 4 is 82.8 Å². The smallest absolute Gasteiger partial charge is 0.305 e. The molecule has 0 spiro atoms. The van der Waals surface area contributed by atoms with E-state index in [0.717, 1.165) is 4.90 Å². The van der Waals surface area contributed by atoms with Crippen molar-refractivity contribution < 1.29 is 72.9 Å². The number of carbonyl (C=O) groups is 12. The van der Waals surface area contributed by atoms with Gasteiger partial charge in [-0.1, -0.05) is 60.1 Å². The highest BCUT2D eigenvalue weighted by atomic mass is 32.2. The number of primary amides is 1. The number of thioether (sulfide) groups is 1. The zero-order chi connectivity index (χ0) is 61.4. The summed E-state index contributed by atoms with van der Waals surface area (Å²) in [4.78, 5) is 168. The first kappa shape index (κ1) is 68.5. The summed E-state index contributed by atoms with van der Waals surface area (Å²) in [6, 6.07) is -6.02. The van der Waals surface area contributed by atoms with Crippen LogP contribution in [0.15, 0.2) is 36.8 Å². The molecule has 82 heavy (non-hydrogen) atoms. The van der Waals surface area contributed by atoms with E-state index in [2.05, 4.69) is 52.5 Å². The number of benzene rings is 1. The molecular weight excluding hydrogens is 1090 g/mol. The van der Waals surface area contributed by atoms with E-state index in [4.69, 9.17) is 11.5 Å². The largest absolute Gasteiger partial charge is 0.508 e. The standard InChI is InChI=1S/C53H81N13O15S/c1-8-29(6)44(51(79)57-25-40(68)59-37(22-31-24-56-26-58-31)49(77)62-36(20-27(2)3)48(76)61-35(45(55)73)21-30-11-13-32(67)14-12-30)65-50(78)39-10-9-18-66(39)53(81)38(23-42(71)72)63-52(80)43(28(4)5)64-47(75)34(15-16-41(69)70)60-46(74)33(54)17-19-82-7/h11-14,24,26-29,33-39,43-44,67H,8-10,15-23,25,54H2,1-7H3,(H2,55,73)(H,56,58)(H,57,79)(H,59,68)(H,60,74)(H,61,76)(H,62,77)(H,63,80)(H,64,75)(H,65,78)(H,69,70)(H,71,72). The summed E-state index contributed by atoms with van der Waals surface area (Å²) in [6.07, 6.45) is 3.61. The lowest BCUT2D eigenvalue weighted by molar-refractivity contribution is -0.146. The second kappa shape index (κ2) is 33.8. The lowest BCUT2D eigenvalue weighted by Crippen LogP contribution is -2.61. The normalized spacial score (nSPS) is 16.4. The van der Waals surface area contributed by atoms with Crippen molar-refractivity contribution in [3.8, 4) is 5.75 Å². The van der Waals surface area contributed by atoms with Gasteiger partial charge in [0, 0.05) is 37.7 Å². The number of nitrogens with zero attached hydrogens (tertiary/aromatic N) is 2. The van der Waals surface area contributed by atoms with Crippen LogP contribution in [0.3, 0.4) is 0 Å². The summed E-state index contributed by atoms with van der Waals surface area (Å²) < 4.78 is 0. The summed E-state index contributed by atoms with van der Waals surface area (Å²) in [5.41, 5.74) is 12.6. The van der Waals surface area contributed by atoms with Crippen molar-refractivity contribution in [3.63, 3.8) is 0 Å². The number of hydrogen-bond donors (Lipinski definition) is 14. The Morgan fingerprint density at radius 1 is 0.732 bits per heavy atom. The third-order valence-corrected chi connectivity index (χ3v) is 14.2. The van der Waals surface area contributed by atoms with E-state index in [1.165, 1.54) is 36.4 Å². The lowest BCUT2D eigenvalue weighted by Gasteiger charge is -2.31. The summed E-state index contributed by atoms with van der Waals surface area (Å²) in [6.45, 7) is 9.34. The molecule has 1 aromatic heterocycles. The number of carboxylic acid groups (broad SMARTS) is 2. The number of aliphatic carboxylic acids is 2. The van der Waals surface area contributed by atoms with Crippen LogP contribution in [0.1, 0.15) is 104 Å². The molecule has 454 valence electrons. The van der Waals surface area contributed by atoms with Crippen LogP contribution in [0.5, 0.6) is 5.75 Å². The zero-order valence-corrected chi connectivity index (χ0v) is 48.1. The molecule has 10 unspecified atom stereocenters. The fourth-order valence-corrected chi connectivity index (χ4v) is 9.25. The van der Waals surface area contributed by atoms with Crippen molar-refractivity contribution in [3.05, 3.63) is 48.0 Å². The van der Waals surface area contributed by atoms with E-state index in [9.17, 15) is 72.9 Å². The second-order valence-corrected chi connectivity index (χ2v) is 22.0. The second-order valence-electron chi connectivity index (χ2n) is 21.0. The van der Waals surface area contributed by atoms with Gasteiger partial charge in [0.05, 0.1) is 25.3 Å². The number of aromatic nitrogens is 2.